The minimum Gasteiger partial charge on any atom is -0.481 e. The van der Waals surface area contributed by atoms with E-state index in [1.165, 1.54) is 0 Å². The number of carboxylic acid groups (broad SMARTS) is 1. The fraction of sp³-hybridized carbons (Fsp3) is 0.818. The topological polar surface area (TPSA) is 66.8 Å². The lowest BCUT2D eigenvalue weighted by Gasteiger charge is -2.32. The first-order valence-electron chi connectivity index (χ1n) is 5.78. The molecule has 5 heteroatoms. The molecule has 2 aliphatic rings. The van der Waals surface area contributed by atoms with E-state index < -0.39 is 5.97 Å². The van der Waals surface area contributed by atoms with E-state index in [1.807, 2.05) is 0 Å². The first-order chi connectivity index (χ1) is 7.68. The van der Waals surface area contributed by atoms with Crippen LogP contribution in [0, 0.1) is 11.8 Å². The minimum atomic E-state index is -0.792. The normalized spacial score (nSPS) is 30.4. The SMILES string of the molecule is O=C(O)[C@@H]1CCCN(C(=O)C2CCOC2)C1. The Kier molecular flexibility index (Phi) is 3.43. The zero-order valence-electron chi connectivity index (χ0n) is 9.22. The highest BCUT2D eigenvalue weighted by atomic mass is 16.5. The first-order valence-corrected chi connectivity index (χ1v) is 5.78. The molecule has 0 aliphatic carbocycles. The number of likely N-dealkylation sites (tertiary alicyclic amines) is 1. The van der Waals surface area contributed by atoms with E-state index in [0.717, 1.165) is 12.8 Å². The van der Waals surface area contributed by atoms with Crippen molar-refractivity contribution >= 4 is 11.9 Å². The maximum absolute atomic E-state index is 12.0. The molecule has 2 saturated heterocycles. The molecular weight excluding hydrogens is 210 g/mol. The number of nitrogens with zero attached hydrogens (tertiary/aromatic N) is 1. The van der Waals surface area contributed by atoms with E-state index in [9.17, 15) is 9.59 Å². The van der Waals surface area contributed by atoms with E-state index in [4.69, 9.17) is 9.84 Å². The lowest BCUT2D eigenvalue weighted by Crippen LogP contribution is -2.45. The summed E-state index contributed by atoms with van der Waals surface area (Å²) < 4.78 is 5.18. The molecule has 0 aromatic carbocycles. The molecule has 2 atom stereocenters. The second-order valence-electron chi connectivity index (χ2n) is 4.52. The number of carbonyl (C=O) groups is 2. The van der Waals surface area contributed by atoms with Gasteiger partial charge < -0.3 is 14.7 Å². The molecule has 2 fully saturated rings. The summed E-state index contributed by atoms with van der Waals surface area (Å²) >= 11 is 0. The van der Waals surface area contributed by atoms with Gasteiger partial charge in [-0.1, -0.05) is 0 Å². The molecule has 1 unspecified atom stereocenters. The fourth-order valence-electron chi connectivity index (χ4n) is 2.37. The predicted octanol–water partition coefficient (Wildman–Crippen LogP) is 0.346. The van der Waals surface area contributed by atoms with Crippen LogP contribution in [-0.2, 0) is 14.3 Å². The lowest BCUT2D eigenvalue weighted by molar-refractivity contribution is -0.146. The highest BCUT2D eigenvalue weighted by Gasteiger charge is 2.33. The second kappa shape index (κ2) is 4.82. The Labute approximate surface area is 94.4 Å². The van der Waals surface area contributed by atoms with Crippen molar-refractivity contribution in [1.29, 1.82) is 0 Å². The van der Waals surface area contributed by atoms with Crippen molar-refractivity contribution in [3.05, 3.63) is 0 Å². The van der Waals surface area contributed by atoms with Gasteiger partial charge in [-0.25, -0.2) is 0 Å². The van der Waals surface area contributed by atoms with Crippen molar-refractivity contribution in [1.82, 2.24) is 4.90 Å². The van der Waals surface area contributed by atoms with Gasteiger partial charge in [0.1, 0.15) is 0 Å². The van der Waals surface area contributed by atoms with Crippen LogP contribution >= 0.6 is 0 Å². The minimum absolute atomic E-state index is 0.0486. The highest BCUT2D eigenvalue weighted by molar-refractivity contribution is 5.80. The third kappa shape index (κ3) is 2.35. The molecule has 2 aliphatic heterocycles. The molecular formula is C11H17NO4. The van der Waals surface area contributed by atoms with E-state index in [2.05, 4.69) is 0 Å². The van der Waals surface area contributed by atoms with Gasteiger partial charge in [-0.15, -0.1) is 0 Å². The third-order valence-corrected chi connectivity index (χ3v) is 3.36. The number of carboxylic acids is 1. The number of piperidine rings is 1. The van der Waals surface area contributed by atoms with Crippen LogP contribution in [0.25, 0.3) is 0 Å². The van der Waals surface area contributed by atoms with Crippen LogP contribution in [0.3, 0.4) is 0 Å². The van der Waals surface area contributed by atoms with Crippen molar-refractivity contribution in [2.24, 2.45) is 11.8 Å². The Morgan fingerprint density at radius 3 is 2.69 bits per heavy atom. The molecule has 5 nitrogen and oxygen atoms in total. The highest BCUT2D eigenvalue weighted by Crippen LogP contribution is 2.21. The summed E-state index contributed by atoms with van der Waals surface area (Å²) in [5.74, 6) is -1.16. The summed E-state index contributed by atoms with van der Waals surface area (Å²) in [7, 11) is 0. The number of hydrogen-bond acceptors (Lipinski definition) is 3. The van der Waals surface area contributed by atoms with Crippen molar-refractivity contribution in [3.8, 4) is 0 Å². The predicted molar refractivity (Wildman–Crippen MR) is 55.9 cm³/mol. The van der Waals surface area contributed by atoms with Gasteiger partial charge in [0.25, 0.3) is 0 Å². The zero-order valence-corrected chi connectivity index (χ0v) is 9.22. The van der Waals surface area contributed by atoms with Gasteiger partial charge in [-0.3, -0.25) is 9.59 Å². The number of aliphatic carboxylic acids is 1. The summed E-state index contributed by atoms with van der Waals surface area (Å²) in [6, 6.07) is 0. The van der Waals surface area contributed by atoms with E-state index in [0.29, 0.717) is 32.7 Å². The van der Waals surface area contributed by atoms with E-state index in [-0.39, 0.29) is 17.7 Å². The molecule has 90 valence electrons. The first kappa shape index (κ1) is 11.4. The van der Waals surface area contributed by atoms with Crippen molar-refractivity contribution in [3.63, 3.8) is 0 Å². The number of hydrogen-bond donors (Lipinski definition) is 1. The molecule has 2 heterocycles. The standard InChI is InChI=1S/C11H17NO4/c13-10(9-3-5-16-7-9)12-4-1-2-8(6-12)11(14)15/h8-9H,1-7H2,(H,14,15)/t8-,9?/m1/s1. The Morgan fingerprint density at radius 1 is 1.25 bits per heavy atom. The van der Waals surface area contributed by atoms with Crippen molar-refractivity contribution in [2.45, 2.75) is 19.3 Å². The van der Waals surface area contributed by atoms with Gasteiger partial charge in [-0.2, -0.15) is 0 Å². The molecule has 0 aromatic rings. The Bertz CT molecular complexity index is 286. The average molecular weight is 227 g/mol. The van der Waals surface area contributed by atoms with Crippen LogP contribution < -0.4 is 0 Å². The summed E-state index contributed by atoms with van der Waals surface area (Å²) in [4.78, 5) is 24.6. The largest absolute Gasteiger partial charge is 0.481 e. The van der Waals surface area contributed by atoms with Crippen LogP contribution in [-0.4, -0.2) is 48.2 Å². The summed E-state index contributed by atoms with van der Waals surface area (Å²) in [5, 5.41) is 8.94. The number of rotatable bonds is 2. The molecule has 2 rings (SSSR count). The smallest absolute Gasteiger partial charge is 0.308 e. The molecule has 16 heavy (non-hydrogen) atoms. The van der Waals surface area contributed by atoms with Crippen LogP contribution in [0.15, 0.2) is 0 Å². The second-order valence-corrected chi connectivity index (χ2v) is 4.52. The van der Waals surface area contributed by atoms with Crippen LogP contribution in [0.5, 0.6) is 0 Å². The Balaban J connectivity index is 1.93. The van der Waals surface area contributed by atoms with Gasteiger partial charge in [0.2, 0.25) is 5.91 Å². The molecule has 1 amide bonds. The molecule has 0 saturated carbocycles. The van der Waals surface area contributed by atoms with Crippen molar-refractivity contribution in [2.75, 3.05) is 26.3 Å². The van der Waals surface area contributed by atoms with Gasteiger partial charge in [-0.05, 0) is 19.3 Å². The van der Waals surface area contributed by atoms with E-state index >= 15 is 0 Å². The fourth-order valence-corrected chi connectivity index (χ4v) is 2.37. The molecule has 1 N–H and O–H groups in total. The van der Waals surface area contributed by atoms with Gasteiger partial charge in [0.05, 0.1) is 18.4 Å². The maximum atomic E-state index is 12.0. The average Bonchev–Trinajstić information content (AvgIpc) is 2.81. The van der Waals surface area contributed by atoms with Crippen molar-refractivity contribution < 1.29 is 19.4 Å². The quantitative estimate of drug-likeness (QED) is 0.739. The summed E-state index contributed by atoms with van der Waals surface area (Å²) in [6.07, 6.45) is 2.24. The molecule has 0 radical (unpaired) electrons. The lowest BCUT2D eigenvalue weighted by atomic mass is 9.96. The molecule has 0 bridgehead atoms. The number of amides is 1. The zero-order chi connectivity index (χ0) is 11.5. The number of carbonyl (C=O) groups excluding carboxylic acids is 1. The van der Waals surface area contributed by atoms with E-state index in [1.54, 1.807) is 4.90 Å². The maximum Gasteiger partial charge on any atom is 0.308 e. The summed E-state index contributed by atoms with van der Waals surface area (Å²) in [5.41, 5.74) is 0. The molecule has 0 aromatic heterocycles. The third-order valence-electron chi connectivity index (χ3n) is 3.36. The molecule has 0 spiro atoms. The number of ether oxygens (including phenoxy) is 1. The monoisotopic (exact) mass is 227 g/mol. The Hall–Kier alpha value is -1.10. The van der Waals surface area contributed by atoms with Gasteiger partial charge in [0, 0.05) is 19.7 Å². The van der Waals surface area contributed by atoms with Crippen LogP contribution in [0.2, 0.25) is 0 Å². The van der Waals surface area contributed by atoms with Gasteiger partial charge in [0.15, 0.2) is 0 Å². The summed E-state index contributed by atoms with van der Waals surface area (Å²) in [6.45, 7) is 2.20. The van der Waals surface area contributed by atoms with Crippen LogP contribution in [0.1, 0.15) is 19.3 Å². The Morgan fingerprint density at radius 2 is 2.06 bits per heavy atom. The van der Waals surface area contributed by atoms with Gasteiger partial charge >= 0.3 is 5.97 Å². The van der Waals surface area contributed by atoms with Crippen LogP contribution in [0.4, 0.5) is 0 Å².